The molecule has 150 valence electrons. The van der Waals surface area contributed by atoms with E-state index in [-0.39, 0.29) is 11.8 Å². The summed E-state index contributed by atoms with van der Waals surface area (Å²) >= 11 is 0. The highest BCUT2D eigenvalue weighted by atomic mass is 16.5. The van der Waals surface area contributed by atoms with E-state index in [1.807, 2.05) is 56.3 Å². The maximum Gasteiger partial charge on any atom is 0.282 e. The van der Waals surface area contributed by atoms with Crippen LogP contribution < -0.4 is 9.64 Å². The van der Waals surface area contributed by atoms with Crippen molar-refractivity contribution in [2.75, 3.05) is 25.1 Å². The lowest BCUT2D eigenvalue weighted by Gasteiger charge is -2.29. The molecular weight excluding hydrogens is 364 g/mol. The van der Waals surface area contributed by atoms with Gasteiger partial charge in [0.1, 0.15) is 11.4 Å². The molecule has 0 aromatic heterocycles. The minimum atomic E-state index is -0.255. The summed E-state index contributed by atoms with van der Waals surface area (Å²) in [5, 5.41) is 0. The molecule has 1 saturated heterocycles. The van der Waals surface area contributed by atoms with Gasteiger partial charge in [0.15, 0.2) is 0 Å². The molecule has 2 aromatic carbocycles. The van der Waals surface area contributed by atoms with E-state index in [9.17, 15) is 9.59 Å². The van der Waals surface area contributed by atoms with Gasteiger partial charge >= 0.3 is 0 Å². The van der Waals surface area contributed by atoms with Crippen LogP contribution in [0, 0.1) is 13.8 Å². The van der Waals surface area contributed by atoms with Crippen molar-refractivity contribution in [1.29, 1.82) is 0 Å². The molecule has 5 heteroatoms. The van der Waals surface area contributed by atoms with Crippen LogP contribution in [0.5, 0.6) is 5.75 Å². The molecule has 2 amide bonds. The van der Waals surface area contributed by atoms with Crippen LogP contribution in [0.2, 0.25) is 0 Å². The van der Waals surface area contributed by atoms with Crippen molar-refractivity contribution in [1.82, 2.24) is 4.90 Å². The summed E-state index contributed by atoms with van der Waals surface area (Å²) in [6.45, 7) is 5.55. The maximum atomic E-state index is 13.6. The number of likely N-dealkylation sites (tertiary alicyclic amines) is 1. The Morgan fingerprint density at radius 1 is 0.862 bits per heavy atom. The molecule has 2 aromatic rings. The lowest BCUT2D eigenvalue weighted by atomic mass is 10.0. The van der Waals surface area contributed by atoms with E-state index in [1.54, 1.807) is 7.11 Å². The van der Waals surface area contributed by atoms with Crippen molar-refractivity contribution in [2.24, 2.45) is 0 Å². The average molecular weight is 390 g/mol. The van der Waals surface area contributed by atoms with Crippen LogP contribution >= 0.6 is 0 Å². The summed E-state index contributed by atoms with van der Waals surface area (Å²) in [5.74, 6) is 0.239. The normalized spacial score (nSPS) is 17.3. The minimum absolute atomic E-state index is 0.226. The largest absolute Gasteiger partial charge is 0.497 e. The summed E-state index contributed by atoms with van der Waals surface area (Å²) in [4.78, 5) is 30.6. The molecule has 0 unspecified atom stereocenters. The number of nitrogens with zero attached hydrogens (tertiary/aromatic N) is 2. The highest BCUT2D eigenvalue weighted by Crippen LogP contribution is 2.37. The van der Waals surface area contributed by atoms with Gasteiger partial charge in [0.05, 0.1) is 18.4 Å². The fourth-order valence-corrected chi connectivity index (χ4v) is 4.14. The zero-order chi connectivity index (χ0) is 20.5. The van der Waals surface area contributed by atoms with Crippen LogP contribution in [-0.2, 0) is 9.59 Å². The third-order valence-corrected chi connectivity index (χ3v) is 5.93. The van der Waals surface area contributed by atoms with Crippen molar-refractivity contribution >= 4 is 23.1 Å². The Morgan fingerprint density at radius 2 is 1.55 bits per heavy atom. The van der Waals surface area contributed by atoms with Gasteiger partial charge in [0.25, 0.3) is 11.8 Å². The minimum Gasteiger partial charge on any atom is -0.497 e. The molecule has 0 N–H and O–H groups in total. The number of imide groups is 1. The van der Waals surface area contributed by atoms with Gasteiger partial charge in [-0.15, -0.1) is 0 Å². The maximum absolute atomic E-state index is 13.6. The smallest absolute Gasteiger partial charge is 0.282 e. The number of hydrogen-bond donors (Lipinski definition) is 0. The van der Waals surface area contributed by atoms with Crippen molar-refractivity contribution in [2.45, 2.75) is 33.1 Å². The van der Waals surface area contributed by atoms with E-state index >= 15 is 0 Å². The molecule has 29 heavy (non-hydrogen) atoms. The molecule has 1 fully saturated rings. The van der Waals surface area contributed by atoms with Gasteiger partial charge in [0, 0.05) is 13.1 Å². The summed E-state index contributed by atoms with van der Waals surface area (Å²) in [6.07, 6.45) is 3.22. The Hall–Kier alpha value is -3.08. The van der Waals surface area contributed by atoms with E-state index in [0.29, 0.717) is 17.0 Å². The molecule has 0 radical (unpaired) electrons. The second kappa shape index (κ2) is 7.74. The number of anilines is 1. The third kappa shape index (κ3) is 3.31. The molecular formula is C24H26N2O3. The van der Waals surface area contributed by atoms with E-state index in [1.165, 1.54) is 4.90 Å². The number of rotatable bonds is 4. The predicted octanol–water partition coefficient (Wildman–Crippen LogP) is 4.08. The summed E-state index contributed by atoms with van der Waals surface area (Å²) in [5.41, 5.74) is 4.43. The van der Waals surface area contributed by atoms with Crippen LogP contribution in [0.25, 0.3) is 5.57 Å². The molecule has 4 rings (SSSR count). The number of benzene rings is 2. The van der Waals surface area contributed by atoms with E-state index < -0.39 is 0 Å². The standard InChI is InChI=1S/C24H26N2O3/c1-16-8-7-9-20(17(16)2)26-23(27)21(18-10-12-19(29-3)13-11-18)22(24(26)28)25-14-5-4-6-15-25/h7-13H,4-6,14-15H2,1-3H3. The number of carbonyl (C=O) groups excluding carboxylic acids is 2. The number of methoxy groups -OCH3 is 1. The number of aryl methyl sites for hydroxylation is 1. The predicted molar refractivity (Wildman–Crippen MR) is 114 cm³/mol. The molecule has 0 bridgehead atoms. The summed E-state index contributed by atoms with van der Waals surface area (Å²) in [6, 6.07) is 13.1. The molecule has 2 aliphatic rings. The van der Waals surface area contributed by atoms with Crippen LogP contribution in [0.1, 0.15) is 36.0 Å². The molecule has 5 nitrogen and oxygen atoms in total. The zero-order valence-electron chi connectivity index (χ0n) is 17.2. The van der Waals surface area contributed by atoms with E-state index in [2.05, 4.69) is 4.90 Å². The zero-order valence-corrected chi connectivity index (χ0v) is 17.2. The average Bonchev–Trinajstić information content (AvgIpc) is 3.01. The van der Waals surface area contributed by atoms with Crippen LogP contribution in [0.4, 0.5) is 5.69 Å². The van der Waals surface area contributed by atoms with Gasteiger partial charge in [-0.1, -0.05) is 24.3 Å². The van der Waals surface area contributed by atoms with Crippen molar-refractivity contribution < 1.29 is 14.3 Å². The highest BCUT2D eigenvalue weighted by Gasteiger charge is 2.43. The topological polar surface area (TPSA) is 49.9 Å². The first-order valence-electron chi connectivity index (χ1n) is 10.1. The SMILES string of the molecule is COc1ccc(C2=C(N3CCCCC3)C(=O)N(c3cccc(C)c3C)C2=O)cc1. The molecule has 0 aliphatic carbocycles. The second-order valence-corrected chi connectivity index (χ2v) is 7.66. The lowest BCUT2D eigenvalue weighted by molar-refractivity contribution is -0.120. The Bertz CT molecular complexity index is 986. The molecule has 2 aliphatic heterocycles. The van der Waals surface area contributed by atoms with E-state index in [0.717, 1.165) is 54.8 Å². The van der Waals surface area contributed by atoms with Crippen LogP contribution in [-0.4, -0.2) is 36.9 Å². The third-order valence-electron chi connectivity index (χ3n) is 5.93. The monoisotopic (exact) mass is 390 g/mol. The molecule has 0 saturated carbocycles. The first kappa shape index (κ1) is 19.2. The fourth-order valence-electron chi connectivity index (χ4n) is 4.14. The highest BCUT2D eigenvalue weighted by molar-refractivity contribution is 6.45. The van der Waals surface area contributed by atoms with Crippen LogP contribution in [0.3, 0.4) is 0 Å². The van der Waals surface area contributed by atoms with Gasteiger partial charge in [-0.25, -0.2) is 4.90 Å². The molecule has 0 spiro atoms. The van der Waals surface area contributed by atoms with Gasteiger partial charge in [0.2, 0.25) is 0 Å². The van der Waals surface area contributed by atoms with Crippen molar-refractivity contribution in [3.63, 3.8) is 0 Å². The van der Waals surface area contributed by atoms with Gasteiger partial charge in [-0.2, -0.15) is 0 Å². The summed E-state index contributed by atoms with van der Waals surface area (Å²) < 4.78 is 5.25. The summed E-state index contributed by atoms with van der Waals surface area (Å²) in [7, 11) is 1.61. The van der Waals surface area contributed by atoms with Gasteiger partial charge in [-0.3, -0.25) is 9.59 Å². The number of piperidine rings is 1. The Labute approximate surface area is 171 Å². The van der Waals surface area contributed by atoms with Gasteiger partial charge < -0.3 is 9.64 Å². The number of carbonyl (C=O) groups is 2. The first-order valence-corrected chi connectivity index (χ1v) is 10.1. The fraction of sp³-hybridized carbons (Fsp3) is 0.333. The second-order valence-electron chi connectivity index (χ2n) is 7.66. The quantitative estimate of drug-likeness (QED) is 0.738. The van der Waals surface area contributed by atoms with Gasteiger partial charge in [-0.05, 0) is 68.0 Å². The Morgan fingerprint density at radius 3 is 2.21 bits per heavy atom. The van der Waals surface area contributed by atoms with Crippen LogP contribution in [0.15, 0.2) is 48.2 Å². The number of amides is 2. The van der Waals surface area contributed by atoms with Crippen molar-refractivity contribution in [3.05, 3.63) is 64.9 Å². The lowest BCUT2D eigenvalue weighted by Crippen LogP contribution is -2.37. The van der Waals surface area contributed by atoms with E-state index in [4.69, 9.17) is 4.74 Å². The number of hydrogen-bond acceptors (Lipinski definition) is 4. The molecule has 2 heterocycles. The van der Waals surface area contributed by atoms with Crippen molar-refractivity contribution in [3.8, 4) is 5.75 Å². The first-order chi connectivity index (χ1) is 14.0. The molecule has 0 atom stereocenters. The Balaban J connectivity index is 1.84. The Kier molecular flexibility index (Phi) is 5.14. The number of ether oxygens (including phenoxy) is 1.